The molecule has 2 aromatic rings. The second-order valence-electron chi connectivity index (χ2n) is 4.20. The number of hydrogen-bond acceptors (Lipinski definition) is 4. The Morgan fingerprint density at radius 2 is 2.00 bits per heavy atom. The first-order valence-electron chi connectivity index (χ1n) is 6.04. The number of fused-ring (bicyclic) bond motifs is 1. The Kier molecular flexibility index (Phi) is 3.56. The van der Waals surface area contributed by atoms with Gasteiger partial charge in [0.2, 0.25) is 6.10 Å². The molecule has 1 aliphatic heterocycles. The van der Waals surface area contributed by atoms with Crippen LogP contribution in [0.4, 0.5) is 5.82 Å². The van der Waals surface area contributed by atoms with Crippen molar-refractivity contribution in [3.8, 4) is 11.5 Å². The van der Waals surface area contributed by atoms with Gasteiger partial charge in [-0.15, -0.1) is 0 Å². The van der Waals surface area contributed by atoms with E-state index < -0.39 is 6.10 Å². The van der Waals surface area contributed by atoms with Crippen molar-refractivity contribution in [3.05, 3.63) is 47.1 Å². The van der Waals surface area contributed by atoms with Crippen LogP contribution in [-0.4, -0.2) is 23.6 Å². The molecule has 0 aliphatic carbocycles. The standard InChI is InChI=1S/C14H11BrN2O3/c15-12-6-3-7-13(16-12)17-14(18)11-8-19-9-4-1-2-5-10(9)20-11/h1-7,11H,8H2,(H,16,17,18). The minimum Gasteiger partial charge on any atom is -0.485 e. The first-order valence-corrected chi connectivity index (χ1v) is 6.83. The molecule has 1 aromatic carbocycles. The number of rotatable bonds is 2. The van der Waals surface area contributed by atoms with E-state index in [1.165, 1.54) is 0 Å². The van der Waals surface area contributed by atoms with Crippen molar-refractivity contribution >= 4 is 27.7 Å². The lowest BCUT2D eigenvalue weighted by Crippen LogP contribution is -2.40. The Hall–Kier alpha value is -2.08. The largest absolute Gasteiger partial charge is 0.485 e. The second-order valence-corrected chi connectivity index (χ2v) is 5.01. The normalized spacial score (nSPS) is 16.6. The van der Waals surface area contributed by atoms with Crippen LogP contribution in [0.1, 0.15) is 0 Å². The summed E-state index contributed by atoms with van der Waals surface area (Å²) >= 11 is 3.25. The van der Waals surface area contributed by atoms with Crippen LogP contribution in [0.3, 0.4) is 0 Å². The van der Waals surface area contributed by atoms with Gasteiger partial charge in [0, 0.05) is 0 Å². The highest BCUT2D eigenvalue weighted by molar-refractivity contribution is 9.10. The van der Waals surface area contributed by atoms with Crippen molar-refractivity contribution in [1.82, 2.24) is 4.98 Å². The Morgan fingerprint density at radius 3 is 2.80 bits per heavy atom. The molecule has 3 rings (SSSR count). The summed E-state index contributed by atoms with van der Waals surface area (Å²) in [6.07, 6.45) is -0.689. The van der Waals surface area contributed by atoms with Crippen molar-refractivity contribution in [1.29, 1.82) is 0 Å². The summed E-state index contributed by atoms with van der Waals surface area (Å²) in [4.78, 5) is 16.3. The molecule has 0 bridgehead atoms. The zero-order chi connectivity index (χ0) is 13.9. The Labute approximate surface area is 124 Å². The Bertz CT molecular complexity index is 648. The number of nitrogens with zero attached hydrogens (tertiary/aromatic N) is 1. The molecule has 20 heavy (non-hydrogen) atoms. The topological polar surface area (TPSA) is 60.5 Å². The SMILES string of the molecule is O=C(Nc1cccc(Br)n1)C1COc2ccccc2O1. The number of halogens is 1. The average molecular weight is 335 g/mol. The monoisotopic (exact) mass is 334 g/mol. The Morgan fingerprint density at radius 1 is 1.20 bits per heavy atom. The summed E-state index contributed by atoms with van der Waals surface area (Å²) in [5, 5.41) is 2.70. The summed E-state index contributed by atoms with van der Waals surface area (Å²) in [6.45, 7) is 0.177. The van der Waals surface area contributed by atoms with Gasteiger partial charge in [0.15, 0.2) is 11.5 Å². The van der Waals surface area contributed by atoms with E-state index in [-0.39, 0.29) is 12.5 Å². The van der Waals surface area contributed by atoms with Gasteiger partial charge in [-0.1, -0.05) is 18.2 Å². The fourth-order valence-electron chi connectivity index (χ4n) is 1.83. The Balaban J connectivity index is 1.70. The van der Waals surface area contributed by atoms with E-state index >= 15 is 0 Å². The highest BCUT2D eigenvalue weighted by Crippen LogP contribution is 2.31. The predicted molar refractivity (Wildman–Crippen MR) is 76.9 cm³/mol. The number of para-hydroxylation sites is 2. The van der Waals surface area contributed by atoms with E-state index in [0.717, 1.165) is 0 Å². The van der Waals surface area contributed by atoms with Gasteiger partial charge in [0.05, 0.1) is 0 Å². The molecule has 2 heterocycles. The molecule has 1 aromatic heterocycles. The van der Waals surface area contributed by atoms with Crippen molar-refractivity contribution < 1.29 is 14.3 Å². The number of anilines is 1. The van der Waals surface area contributed by atoms with Gasteiger partial charge in [-0.05, 0) is 40.2 Å². The molecule has 6 heteroatoms. The van der Waals surface area contributed by atoms with Crippen LogP contribution in [0.5, 0.6) is 11.5 Å². The summed E-state index contributed by atoms with van der Waals surface area (Å²) in [7, 11) is 0. The number of nitrogens with one attached hydrogen (secondary N) is 1. The highest BCUT2D eigenvalue weighted by atomic mass is 79.9. The van der Waals surface area contributed by atoms with Gasteiger partial charge in [-0.2, -0.15) is 0 Å². The summed E-state index contributed by atoms with van der Waals surface area (Å²) in [5.74, 6) is 1.40. The van der Waals surface area contributed by atoms with Crippen LogP contribution < -0.4 is 14.8 Å². The molecule has 0 fully saturated rings. The quantitative estimate of drug-likeness (QED) is 0.857. The van der Waals surface area contributed by atoms with E-state index in [0.29, 0.717) is 21.9 Å². The summed E-state index contributed by atoms with van der Waals surface area (Å²) < 4.78 is 11.8. The first-order chi connectivity index (χ1) is 9.72. The lowest BCUT2D eigenvalue weighted by molar-refractivity contribution is -0.125. The number of carbonyl (C=O) groups excluding carboxylic acids is 1. The van der Waals surface area contributed by atoms with Crippen LogP contribution >= 0.6 is 15.9 Å². The number of ether oxygens (including phenoxy) is 2. The van der Waals surface area contributed by atoms with Gasteiger partial charge >= 0.3 is 0 Å². The van der Waals surface area contributed by atoms with E-state index in [4.69, 9.17) is 9.47 Å². The van der Waals surface area contributed by atoms with Gasteiger partial charge in [0.25, 0.3) is 5.91 Å². The maximum atomic E-state index is 12.1. The van der Waals surface area contributed by atoms with Crippen molar-refractivity contribution in [2.75, 3.05) is 11.9 Å². The fourth-order valence-corrected chi connectivity index (χ4v) is 2.18. The molecule has 1 atom stereocenters. The van der Waals surface area contributed by atoms with Crippen LogP contribution in [0, 0.1) is 0 Å². The number of carbonyl (C=O) groups is 1. The minimum atomic E-state index is -0.689. The van der Waals surface area contributed by atoms with Crippen LogP contribution in [0.25, 0.3) is 0 Å². The maximum absolute atomic E-state index is 12.1. The van der Waals surface area contributed by atoms with Crippen molar-refractivity contribution in [2.24, 2.45) is 0 Å². The molecule has 0 saturated heterocycles. The number of pyridine rings is 1. The number of aromatic nitrogens is 1. The maximum Gasteiger partial charge on any atom is 0.270 e. The number of benzene rings is 1. The molecule has 102 valence electrons. The van der Waals surface area contributed by atoms with Gasteiger partial charge in [0.1, 0.15) is 17.0 Å². The molecule has 1 amide bonds. The van der Waals surface area contributed by atoms with E-state index in [1.807, 2.05) is 12.1 Å². The van der Waals surface area contributed by atoms with E-state index in [2.05, 4.69) is 26.2 Å². The van der Waals surface area contributed by atoms with Crippen molar-refractivity contribution in [3.63, 3.8) is 0 Å². The van der Waals surface area contributed by atoms with Crippen molar-refractivity contribution in [2.45, 2.75) is 6.10 Å². The summed E-state index contributed by atoms with van der Waals surface area (Å²) in [6, 6.07) is 12.5. The lowest BCUT2D eigenvalue weighted by atomic mass is 10.2. The first kappa shape index (κ1) is 12.9. The molecule has 1 N–H and O–H groups in total. The zero-order valence-electron chi connectivity index (χ0n) is 10.4. The lowest BCUT2D eigenvalue weighted by Gasteiger charge is -2.25. The number of amides is 1. The minimum absolute atomic E-state index is 0.177. The fraction of sp³-hybridized carbons (Fsp3) is 0.143. The highest BCUT2D eigenvalue weighted by Gasteiger charge is 2.27. The predicted octanol–water partition coefficient (Wildman–Crippen LogP) is 2.62. The third-order valence-corrected chi connectivity index (χ3v) is 3.21. The molecule has 1 aliphatic rings. The average Bonchev–Trinajstić information content (AvgIpc) is 2.47. The van der Waals surface area contributed by atoms with E-state index in [1.54, 1.807) is 30.3 Å². The molecular formula is C14H11BrN2O3. The number of hydrogen-bond donors (Lipinski definition) is 1. The smallest absolute Gasteiger partial charge is 0.270 e. The second kappa shape index (κ2) is 5.50. The molecule has 0 spiro atoms. The van der Waals surface area contributed by atoms with Gasteiger partial charge < -0.3 is 14.8 Å². The van der Waals surface area contributed by atoms with Crippen LogP contribution in [0.15, 0.2) is 47.1 Å². The van der Waals surface area contributed by atoms with Crippen LogP contribution in [0.2, 0.25) is 0 Å². The molecule has 5 nitrogen and oxygen atoms in total. The molecule has 0 radical (unpaired) electrons. The molecule has 0 saturated carbocycles. The molecule has 1 unspecified atom stereocenters. The third kappa shape index (κ3) is 2.75. The molecular weight excluding hydrogens is 324 g/mol. The van der Waals surface area contributed by atoms with Crippen LogP contribution in [-0.2, 0) is 4.79 Å². The van der Waals surface area contributed by atoms with Gasteiger partial charge in [-0.3, -0.25) is 4.79 Å². The van der Waals surface area contributed by atoms with Gasteiger partial charge in [-0.25, -0.2) is 4.98 Å². The third-order valence-electron chi connectivity index (χ3n) is 2.77. The summed E-state index contributed by atoms with van der Waals surface area (Å²) in [5.41, 5.74) is 0. The zero-order valence-corrected chi connectivity index (χ0v) is 12.0. The van der Waals surface area contributed by atoms with E-state index in [9.17, 15) is 4.79 Å².